The molecule has 26 heavy (non-hydrogen) atoms. The molecule has 2 aromatic rings. The summed E-state index contributed by atoms with van der Waals surface area (Å²) in [5.41, 5.74) is 3.35. The van der Waals surface area contributed by atoms with Crippen molar-refractivity contribution in [2.24, 2.45) is 0 Å². The number of hydrogen-bond donors (Lipinski definition) is 1. The maximum Gasteiger partial charge on any atom is 0.410 e. The lowest BCUT2D eigenvalue weighted by Crippen LogP contribution is -2.24. The molecule has 0 aliphatic carbocycles. The Morgan fingerprint density at radius 3 is 2.54 bits per heavy atom. The first kappa shape index (κ1) is 18.3. The standard InChI is InChI=1S/C20H21ClN2O3/c1-13(2)14-3-5-15(6-4-14)16(9-10-23-11-12-26-20(23)25)18-8-7-17(21)19(24)22-18/h3-9,13H,10-12H2,1-2H3,(H,22,24)/b16-9-. The second-order valence-electron chi connectivity index (χ2n) is 6.50. The maximum absolute atomic E-state index is 11.9. The minimum absolute atomic E-state index is 0.145. The molecule has 0 radical (unpaired) electrons. The quantitative estimate of drug-likeness (QED) is 0.861. The van der Waals surface area contributed by atoms with Gasteiger partial charge in [-0.3, -0.25) is 4.79 Å². The van der Waals surface area contributed by atoms with E-state index in [1.165, 1.54) is 5.56 Å². The van der Waals surface area contributed by atoms with Crippen LogP contribution in [0.2, 0.25) is 5.02 Å². The fourth-order valence-corrected chi connectivity index (χ4v) is 2.95. The van der Waals surface area contributed by atoms with Gasteiger partial charge in [0.25, 0.3) is 5.56 Å². The Morgan fingerprint density at radius 2 is 1.96 bits per heavy atom. The third-order valence-corrected chi connectivity index (χ3v) is 4.70. The number of amides is 1. The summed E-state index contributed by atoms with van der Waals surface area (Å²) in [5.74, 6) is 0.436. The van der Waals surface area contributed by atoms with E-state index in [4.69, 9.17) is 16.3 Å². The second kappa shape index (κ2) is 7.79. The van der Waals surface area contributed by atoms with Crippen molar-refractivity contribution < 1.29 is 9.53 Å². The number of carbonyl (C=O) groups excluding carboxylic acids is 1. The van der Waals surface area contributed by atoms with Gasteiger partial charge < -0.3 is 14.6 Å². The molecular weight excluding hydrogens is 352 g/mol. The third-order valence-electron chi connectivity index (χ3n) is 4.40. The first-order chi connectivity index (χ1) is 12.5. The van der Waals surface area contributed by atoms with E-state index in [0.717, 1.165) is 11.1 Å². The molecule has 3 rings (SSSR count). The number of aromatic nitrogens is 1. The lowest BCUT2D eigenvalue weighted by Gasteiger charge is -2.14. The van der Waals surface area contributed by atoms with E-state index in [1.807, 2.05) is 18.2 Å². The highest BCUT2D eigenvalue weighted by Crippen LogP contribution is 2.24. The molecule has 0 saturated carbocycles. The monoisotopic (exact) mass is 372 g/mol. The molecule has 0 spiro atoms. The number of nitrogens with one attached hydrogen (secondary N) is 1. The van der Waals surface area contributed by atoms with Gasteiger partial charge in [0.1, 0.15) is 11.6 Å². The van der Waals surface area contributed by atoms with Gasteiger partial charge in [0, 0.05) is 17.8 Å². The summed E-state index contributed by atoms with van der Waals surface area (Å²) in [7, 11) is 0. The van der Waals surface area contributed by atoms with Crippen LogP contribution in [0.4, 0.5) is 4.79 Å². The summed E-state index contributed by atoms with van der Waals surface area (Å²) in [6, 6.07) is 11.6. The van der Waals surface area contributed by atoms with Crippen LogP contribution in [-0.4, -0.2) is 35.7 Å². The molecule has 136 valence electrons. The number of aromatic amines is 1. The zero-order valence-electron chi connectivity index (χ0n) is 14.8. The van der Waals surface area contributed by atoms with Crippen LogP contribution in [0.25, 0.3) is 5.57 Å². The van der Waals surface area contributed by atoms with Crippen LogP contribution in [0, 0.1) is 0 Å². The molecule has 2 heterocycles. The van der Waals surface area contributed by atoms with Crippen LogP contribution in [0.15, 0.2) is 47.3 Å². The highest BCUT2D eigenvalue weighted by molar-refractivity contribution is 6.30. The number of cyclic esters (lactones) is 1. The molecule has 0 unspecified atom stereocenters. The van der Waals surface area contributed by atoms with Crippen molar-refractivity contribution in [3.8, 4) is 0 Å². The smallest absolute Gasteiger partial charge is 0.410 e. The lowest BCUT2D eigenvalue weighted by atomic mass is 9.97. The number of carbonyl (C=O) groups is 1. The van der Waals surface area contributed by atoms with Gasteiger partial charge in [-0.05, 0) is 29.2 Å². The fraction of sp³-hybridized carbons (Fsp3) is 0.300. The minimum atomic E-state index is -0.338. The van der Waals surface area contributed by atoms with Crippen LogP contribution in [0.3, 0.4) is 0 Å². The number of pyridine rings is 1. The van der Waals surface area contributed by atoms with Crippen molar-refractivity contribution in [1.82, 2.24) is 9.88 Å². The van der Waals surface area contributed by atoms with Gasteiger partial charge in [0.2, 0.25) is 0 Å². The zero-order valence-corrected chi connectivity index (χ0v) is 15.5. The summed E-state index contributed by atoms with van der Waals surface area (Å²) in [4.78, 5) is 28.0. The third kappa shape index (κ3) is 3.99. The van der Waals surface area contributed by atoms with Crippen LogP contribution in [0.1, 0.15) is 36.6 Å². The van der Waals surface area contributed by atoms with E-state index in [2.05, 4.69) is 31.0 Å². The summed E-state index contributed by atoms with van der Waals surface area (Å²) in [6.07, 6.45) is 1.61. The molecule has 1 aromatic carbocycles. The summed E-state index contributed by atoms with van der Waals surface area (Å²) >= 11 is 5.85. The van der Waals surface area contributed by atoms with Gasteiger partial charge >= 0.3 is 6.09 Å². The number of nitrogens with zero attached hydrogens (tertiary/aromatic N) is 1. The highest BCUT2D eigenvalue weighted by Gasteiger charge is 2.21. The Hall–Kier alpha value is -2.53. The zero-order chi connectivity index (χ0) is 18.7. The topological polar surface area (TPSA) is 62.4 Å². The van der Waals surface area contributed by atoms with Crippen molar-refractivity contribution in [3.05, 3.63) is 74.7 Å². The van der Waals surface area contributed by atoms with Gasteiger partial charge in [-0.15, -0.1) is 0 Å². The molecule has 1 N–H and O–H groups in total. The number of halogens is 1. The number of rotatable bonds is 5. The predicted octanol–water partition coefficient (Wildman–Crippen LogP) is 4.04. The molecule has 1 saturated heterocycles. The van der Waals surface area contributed by atoms with Crippen LogP contribution in [0.5, 0.6) is 0 Å². The Bertz CT molecular complexity index is 885. The van der Waals surface area contributed by atoms with Gasteiger partial charge in [-0.2, -0.15) is 0 Å². The second-order valence-corrected chi connectivity index (χ2v) is 6.91. The highest BCUT2D eigenvalue weighted by atomic mass is 35.5. The first-order valence-electron chi connectivity index (χ1n) is 8.57. The van der Waals surface area contributed by atoms with Crippen molar-refractivity contribution >= 4 is 23.3 Å². The average Bonchev–Trinajstić information content (AvgIpc) is 3.03. The van der Waals surface area contributed by atoms with E-state index >= 15 is 0 Å². The Labute approximate surface area is 157 Å². The number of ether oxygens (including phenoxy) is 1. The molecule has 1 aliphatic rings. The number of H-pyrrole nitrogens is 1. The predicted molar refractivity (Wildman–Crippen MR) is 103 cm³/mol. The van der Waals surface area contributed by atoms with E-state index in [0.29, 0.717) is 31.3 Å². The summed E-state index contributed by atoms with van der Waals surface area (Å²) < 4.78 is 4.97. The lowest BCUT2D eigenvalue weighted by molar-refractivity contribution is 0.161. The van der Waals surface area contributed by atoms with E-state index in [9.17, 15) is 9.59 Å². The van der Waals surface area contributed by atoms with Gasteiger partial charge in [0.05, 0.1) is 6.54 Å². The fourth-order valence-electron chi connectivity index (χ4n) is 2.84. The molecule has 6 heteroatoms. The Balaban J connectivity index is 1.98. The van der Waals surface area contributed by atoms with Gasteiger partial charge in [-0.25, -0.2) is 4.79 Å². The largest absolute Gasteiger partial charge is 0.448 e. The molecule has 1 amide bonds. The molecular formula is C20H21ClN2O3. The maximum atomic E-state index is 11.9. The first-order valence-corrected chi connectivity index (χ1v) is 8.95. The van der Waals surface area contributed by atoms with Gasteiger partial charge in [-0.1, -0.05) is 55.8 Å². The Morgan fingerprint density at radius 1 is 1.23 bits per heavy atom. The molecule has 0 atom stereocenters. The molecule has 0 bridgehead atoms. The van der Waals surface area contributed by atoms with Crippen LogP contribution >= 0.6 is 11.6 Å². The van der Waals surface area contributed by atoms with E-state index in [1.54, 1.807) is 17.0 Å². The van der Waals surface area contributed by atoms with E-state index < -0.39 is 0 Å². The van der Waals surface area contributed by atoms with Gasteiger partial charge in [0.15, 0.2) is 0 Å². The van der Waals surface area contributed by atoms with Crippen molar-refractivity contribution in [2.45, 2.75) is 19.8 Å². The SMILES string of the molecule is CC(C)c1ccc(/C(=C/CN2CCOC2=O)c2ccc(Cl)c(=O)[nH]2)cc1. The van der Waals surface area contributed by atoms with Crippen molar-refractivity contribution in [2.75, 3.05) is 19.7 Å². The minimum Gasteiger partial charge on any atom is -0.448 e. The van der Waals surface area contributed by atoms with Crippen LogP contribution < -0.4 is 5.56 Å². The van der Waals surface area contributed by atoms with E-state index in [-0.39, 0.29) is 16.7 Å². The average molecular weight is 373 g/mol. The van der Waals surface area contributed by atoms with Crippen LogP contribution in [-0.2, 0) is 4.74 Å². The normalized spacial score (nSPS) is 14.8. The molecule has 1 aromatic heterocycles. The molecule has 1 fully saturated rings. The van der Waals surface area contributed by atoms with Crippen molar-refractivity contribution in [1.29, 1.82) is 0 Å². The Kier molecular flexibility index (Phi) is 5.47. The number of benzene rings is 1. The summed E-state index contributed by atoms with van der Waals surface area (Å²) in [5, 5.41) is 0.145. The molecule has 1 aliphatic heterocycles. The summed E-state index contributed by atoms with van der Waals surface area (Å²) in [6.45, 7) is 5.66. The molecule has 5 nitrogen and oxygen atoms in total. The number of hydrogen-bond acceptors (Lipinski definition) is 3. The van der Waals surface area contributed by atoms with Crippen molar-refractivity contribution in [3.63, 3.8) is 0 Å².